The molecule has 130 valence electrons. The molecule has 1 aliphatic carbocycles. The van der Waals surface area contributed by atoms with E-state index in [0.717, 1.165) is 18.1 Å². The number of hydrazine groups is 1. The predicted octanol–water partition coefficient (Wildman–Crippen LogP) is 1.86. The van der Waals surface area contributed by atoms with E-state index in [1.807, 2.05) is 17.9 Å². The molecule has 2 aliphatic rings. The van der Waals surface area contributed by atoms with Gasteiger partial charge in [-0.25, -0.2) is 5.43 Å². The van der Waals surface area contributed by atoms with Gasteiger partial charge in [-0.15, -0.1) is 0 Å². The van der Waals surface area contributed by atoms with Crippen LogP contribution in [0.1, 0.15) is 34.6 Å². The van der Waals surface area contributed by atoms with Gasteiger partial charge in [0.2, 0.25) is 5.91 Å². The van der Waals surface area contributed by atoms with Crippen molar-refractivity contribution in [3.8, 4) is 0 Å². The van der Waals surface area contributed by atoms with Gasteiger partial charge in [0.1, 0.15) is 0 Å². The lowest BCUT2D eigenvalue weighted by Crippen LogP contribution is -2.61. The van der Waals surface area contributed by atoms with Gasteiger partial charge >= 0.3 is 0 Å². The summed E-state index contributed by atoms with van der Waals surface area (Å²) >= 11 is 6.33. The molecule has 0 aromatic rings. The number of nitrogens with zero attached hydrogens (tertiary/aromatic N) is 2. The van der Waals surface area contributed by atoms with Crippen LogP contribution in [0.25, 0.3) is 0 Å². The monoisotopic (exact) mass is 340 g/mol. The van der Waals surface area contributed by atoms with E-state index in [1.165, 1.54) is 5.57 Å². The Kier molecular flexibility index (Phi) is 5.26. The smallest absolute Gasteiger partial charge is 0.219 e. The number of nitrogens with one attached hydrogen (secondary N) is 2. The summed E-state index contributed by atoms with van der Waals surface area (Å²) in [6.45, 7) is 12.3. The summed E-state index contributed by atoms with van der Waals surface area (Å²) in [5, 5.41) is 0.775. The average Bonchev–Trinajstić information content (AvgIpc) is 2.78. The summed E-state index contributed by atoms with van der Waals surface area (Å²) in [7, 11) is 2.09. The maximum absolute atomic E-state index is 11.9. The van der Waals surface area contributed by atoms with Gasteiger partial charge in [0.15, 0.2) is 0 Å². The summed E-state index contributed by atoms with van der Waals surface area (Å²) in [5.41, 5.74) is 7.45. The van der Waals surface area contributed by atoms with Crippen LogP contribution in [-0.2, 0) is 4.79 Å². The van der Waals surface area contributed by atoms with E-state index < -0.39 is 0 Å². The van der Waals surface area contributed by atoms with Crippen LogP contribution in [0.4, 0.5) is 0 Å². The van der Waals surface area contributed by atoms with Gasteiger partial charge in [-0.1, -0.05) is 11.6 Å². The summed E-state index contributed by atoms with van der Waals surface area (Å²) in [4.78, 5) is 16.1. The number of likely N-dealkylation sites (N-methyl/N-ethyl adjacent to an activating group) is 2. The van der Waals surface area contributed by atoms with Crippen molar-refractivity contribution < 1.29 is 4.79 Å². The zero-order valence-corrected chi connectivity index (χ0v) is 15.8. The van der Waals surface area contributed by atoms with Crippen LogP contribution in [0, 0.1) is 0 Å². The highest BCUT2D eigenvalue weighted by molar-refractivity contribution is 6.31. The molecule has 6 heteroatoms. The van der Waals surface area contributed by atoms with Gasteiger partial charge < -0.3 is 4.90 Å². The Balaban J connectivity index is 2.21. The molecule has 1 fully saturated rings. The van der Waals surface area contributed by atoms with Gasteiger partial charge in [-0.2, -0.15) is 0 Å². The Morgan fingerprint density at radius 3 is 2.74 bits per heavy atom. The molecular weight excluding hydrogens is 312 g/mol. The second kappa shape index (κ2) is 6.55. The lowest BCUT2D eigenvalue weighted by Gasteiger charge is -2.46. The van der Waals surface area contributed by atoms with E-state index in [4.69, 9.17) is 11.6 Å². The van der Waals surface area contributed by atoms with Crippen molar-refractivity contribution in [1.82, 2.24) is 20.7 Å². The van der Waals surface area contributed by atoms with Gasteiger partial charge in [0.05, 0.1) is 11.6 Å². The van der Waals surface area contributed by atoms with Crippen LogP contribution in [0.5, 0.6) is 0 Å². The highest BCUT2D eigenvalue weighted by Crippen LogP contribution is 2.35. The summed E-state index contributed by atoms with van der Waals surface area (Å²) in [6.07, 6.45) is 4.13. The first kappa shape index (κ1) is 18.5. The average molecular weight is 341 g/mol. The maximum atomic E-state index is 11.9. The first-order valence-corrected chi connectivity index (χ1v) is 8.56. The van der Waals surface area contributed by atoms with Gasteiger partial charge in [0, 0.05) is 37.1 Å². The van der Waals surface area contributed by atoms with E-state index in [2.05, 4.69) is 49.6 Å². The van der Waals surface area contributed by atoms with Crippen molar-refractivity contribution in [2.45, 2.75) is 51.7 Å². The van der Waals surface area contributed by atoms with Crippen LogP contribution < -0.4 is 10.9 Å². The first-order chi connectivity index (χ1) is 10.6. The third kappa shape index (κ3) is 3.48. The van der Waals surface area contributed by atoms with Crippen LogP contribution in [0.2, 0.25) is 0 Å². The Labute approximate surface area is 144 Å². The quantitative estimate of drug-likeness (QED) is 0.802. The van der Waals surface area contributed by atoms with Crippen molar-refractivity contribution in [1.29, 1.82) is 0 Å². The zero-order valence-electron chi connectivity index (χ0n) is 15.0. The van der Waals surface area contributed by atoms with Gasteiger partial charge in [0.25, 0.3) is 0 Å². The second-order valence-corrected chi connectivity index (χ2v) is 7.77. The Morgan fingerprint density at radius 2 is 2.17 bits per heavy atom. The van der Waals surface area contributed by atoms with Crippen molar-refractivity contribution in [2.24, 2.45) is 0 Å². The van der Waals surface area contributed by atoms with E-state index >= 15 is 0 Å². The third-order valence-corrected chi connectivity index (χ3v) is 5.29. The van der Waals surface area contributed by atoms with E-state index in [-0.39, 0.29) is 23.0 Å². The molecule has 23 heavy (non-hydrogen) atoms. The molecule has 0 aromatic heterocycles. The largest absolute Gasteiger partial charge is 0.337 e. The molecular formula is C17H29ClN4O. The minimum absolute atomic E-state index is 0.107. The molecule has 0 saturated carbocycles. The van der Waals surface area contributed by atoms with Gasteiger partial charge in [-0.3, -0.25) is 15.1 Å². The first-order valence-electron chi connectivity index (χ1n) is 8.18. The van der Waals surface area contributed by atoms with E-state index in [0.29, 0.717) is 6.54 Å². The van der Waals surface area contributed by atoms with Crippen molar-refractivity contribution in [2.75, 3.05) is 26.7 Å². The minimum Gasteiger partial charge on any atom is -0.337 e. The molecule has 0 aromatic carbocycles. The molecule has 1 saturated heterocycles. The lowest BCUT2D eigenvalue weighted by molar-refractivity contribution is -0.134. The minimum atomic E-state index is -0.251. The highest BCUT2D eigenvalue weighted by Gasteiger charge is 2.45. The molecule has 1 amide bonds. The normalized spacial score (nSPS) is 27.6. The molecule has 1 heterocycles. The van der Waals surface area contributed by atoms with Crippen molar-refractivity contribution in [3.63, 3.8) is 0 Å². The molecule has 2 atom stereocenters. The number of hydrogen-bond donors (Lipinski definition) is 2. The second-order valence-electron chi connectivity index (χ2n) is 7.34. The number of carbonyl (C=O) groups excluding carboxylic acids is 1. The fraction of sp³-hybridized carbons (Fsp3) is 0.706. The molecule has 0 bridgehead atoms. The van der Waals surface area contributed by atoms with Crippen LogP contribution >= 0.6 is 11.6 Å². The standard InChI is InChI=1S/C17H29ClN4O/c1-7-22(12(2)23)16(3,4)11-21(6)15-9-14(18)8-13-10-19-20-17(13,15)5/h8-9,15,19-20H,7,10-11H2,1-6H3. The van der Waals surface area contributed by atoms with E-state index in [9.17, 15) is 4.79 Å². The van der Waals surface area contributed by atoms with Crippen molar-refractivity contribution in [3.05, 3.63) is 22.8 Å². The molecule has 2 rings (SSSR count). The fourth-order valence-corrected chi connectivity index (χ4v) is 4.27. The Morgan fingerprint density at radius 1 is 1.52 bits per heavy atom. The van der Waals surface area contributed by atoms with Gasteiger partial charge in [-0.05, 0) is 52.5 Å². The number of rotatable bonds is 5. The molecule has 0 spiro atoms. The van der Waals surface area contributed by atoms with Crippen LogP contribution in [-0.4, -0.2) is 59.5 Å². The van der Waals surface area contributed by atoms with E-state index in [1.54, 1.807) is 6.92 Å². The molecule has 2 unspecified atom stereocenters. The molecule has 2 N–H and O–H groups in total. The SMILES string of the molecule is CCN(C(C)=O)C(C)(C)CN(C)C1C=C(Cl)C=C2CNNC21C. The highest BCUT2D eigenvalue weighted by atomic mass is 35.5. The number of hydrogen-bond acceptors (Lipinski definition) is 4. The summed E-state index contributed by atoms with van der Waals surface area (Å²) in [6, 6.07) is 0.120. The number of allylic oxidation sites excluding steroid dienone is 2. The lowest BCUT2D eigenvalue weighted by atomic mass is 9.81. The molecule has 1 aliphatic heterocycles. The Bertz CT molecular complexity index is 543. The molecule has 5 nitrogen and oxygen atoms in total. The fourth-order valence-electron chi connectivity index (χ4n) is 4.02. The van der Waals surface area contributed by atoms with Crippen LogP contribution in [0.3, 0.4) is 0 Å². The number of amides is 1. The number of halogens is 1. The Hall–Kier alpha value is -0.880. The predicted molar refractivity (Wildman–Crippen MR) is 95.1 cm³/mol. The molecule has 0 radical (unpaired) electrons. The van der Waals surface area contributed by atoms with Crippen LogP contribution in [0.15, 0.2) is 22.8 Å². The number of fused-ring (bicyclic) bond motifs is 1. The third-order valence-electron chi connectivity index (χ3n) is 5.05. The maximum Gasteiger partial charge on any atom is 0.219 e. The zero-order chi connectivity index (χ0) is 17.4. The summed E-state index contributed by atoms with van der Waals surface area (Å²) in [5.74, 6) is 0.107. The summed E-state index contributed by atoms with van der Waals surface area (Å²) < 4.78 is 0. The topological polar surface area (TPSA) is 47.6 Å². The van der Waals surface area contributed by atoms with Crippen molar-refractivity contribution >= 4 is 17.5 Å². The number of carbonyl (C=O) groups is 1.